The molecule has 17 heavy (non-hydrogen) atoms. The summed E-state index contributed by atoms with van der Waals surface area (Å²) in [6.07, 6.45) is 0. The molecule has 0 saturated carbocycles. The van der Waals surface area contributed by atoms with Crippen molar-refractivity contribution in [2.75, 3.05) is 13.7 Å². The summed E-state index contributed by atoms with van der Waals surface area (Å²) in [6, 6.07) is 3.26. The second kappa shape index (κ2) is 5.14. The molecule has 0 spiro atoms. The van der Waals surface area contributed by atoms with Crippen LogP contribution in [0.4, 0.5) is 0 Å². The van der Waals surface area contributed by atoms with E-state index in [4.69, 9.17) is 10.5 Å². The Morgan fingerprint density at radius 1 is 1.47 bits per heavy atom. The quantitative estimate of drug-likeness (QED) is 0.800. The van der Waals surface area contributed by atoms with Gasteiger partial charge in [-0.1, -0.05) is 0 Å². The highest BCUT2D eigenvalue weighted by atomic mass is 16.5. The van der Waals surface area contributed by atoms with Gasteiger partial charge in [0.05, 0.1) is 18.4 Å². The largest absolute Gasteiger partial charge is 0.476 e. The van der Waals surface area contributed by atoms with Crippen LogP contribution in [-0.2, 0) is 4.74 Å². The topological polar surface area (TPSA) is 74.4 Å². The maximum absolute atomic E-state index is 11.3. The maximum Gasteiger partial charge on any atom is 0.339 e. The average Bonchev–Trinajstić information content (AvgIpc) is 2.24. The summed E-state index contributed by atoms with van der Waals surface area (Å²) < 4.78 is 10.1. The monoisotopic (exact) mass is 238 g/mol. The minimum absolute atomic E-state index is 0.358. The van der Waals surface area contributed by atoms with Gasteiger partial charge in [0.1, 0.15) is 6.61 Å². The maximum atomic E-state index is 11.3. The molecule has 94 valence electrons. The Labute approximate surface area is 101 Å². The van der Waals surface area contributed by atoms with Crippen LogP contribution in [0.1, 0.15) is 29.9 Å². The standard InChI is InChI=1S/C12H18N2O3/c1-8-9(11(15)16-4)5-6-10(14-8)17-7-12(2,3)13/h5-6H,7,13H2,1-4H3. The van der Waals surface area contributed by atoms with Crippen LogP contribution in [0.5, 0.6) is 5.88 Å². The summed E-state index contributed by atoms with van der Waals surface area (Å²) >= 11 is 0. The molecule has 0 aliphatic rings. The van der Waals surface area contributed by atoms with Gasteiger partial charge in [-0.25, -0.2) is 9.78 Å². The predicted octanol–water partition coefficient (Wildman–Crippen LogP) is 1.29. The van der Waals surface area contributed by atoms with Gasteiger partial charge < -0.3 is 15.2 Å². The van der Waals surface area contributed by atoms with Crippen molar-refractivity contribution in [3.05, 3.63) is 23.4 Å². The Morgan fingerprint density at radius 3 is 2.59 bits per heavy atom. The van der Waals surface area contributed by atoms with Gasteiger partial charge in [0.25, 0.3) is 0 Å². The van der Waals surface area contributed by atoms with Gasteiger partial charge in [0.2, 0.25) is 5.88 Å². The Balaban J connectivity index is 2.79. The van der Waals surface area contributed by atoms with Gasteiger partial charge in [-0.05, 0) is 26.8 Å². The zero-order valence-electron chi connectivity index (χ0n) is 10.6. The third-order valence-corrected chi connectivity index (χ3v) is 2.06. The van der Waals surface area contributed by atoms with Crippen LogP contribution in [0.2, 0.25) is 0 Å². The van der Waals surface area contributed by atoms with Crippen molar-refractivity contribution in [1.82, 2.24) is 4.98 Å². The lowest BCUT2D eigenvalue weighted by molar-refractivity contribution is 0.0599. The number of hydrogen-bond donors (Lipinski definition) is 1. The lowest BCUT2D eigenvalue weighted by atomic mass is 10.1. The summed E-state index contributed by atoms with van der Waals surface area (Å²) in [5.41, 5.74) is 6.38. The van der Waals surface area contributed by atoms with E-state index >= 15 is 0 Å². The minimum atomic E-state index is -0.420. The Morgan fingerprint density at radius 2 is 2.12 bits per heavy atom. The highest BCUT2D eigenvalue weighted by Gasteiger charge is 2.14. The molecule has 0 amide bonds. The van der Waals surface area contributed by atoms with Gasteiger partial charge in [0, 0.05) is 11.6 Å². The fourth-order valence-corrected chi connectivity index (χ4v) is 1.20. The molecule has 0 saturated heterocycles. The van der Waals surface area contributed by atoms with Crippen molar-refractivity contribution in [2.45, 2.75) is 26.3 Å². The molecule has 0 radical (unpaired) electrons. The fourth-order valence-electron chi connectivity index (χ4n) is 1.20. The number of hydrogen-bond acceptors (Lipinski definition) is 5. The Kier molecular flexibility index (Phi) is 4.07. The first-order valence-electron chi connectivity index (χ1n) is 5.31. The van der Waals surface area contributed by atoms with E-state index in [1.807, 2.05) is 13.8 Å². The number of ether oxygens (including phenoxy) is 2. The Hall–Kier alpha value is -1.62. The molecule has 5 heteroatoms. The Bertz CT molecular complexity index is 411. The second-order valence-electron chi connectivity index (χ2n) is 4.55. The molecule has 0 aliphatic carbocycles. The molecule has 0 atom stereocenters. The SMILES string of the molecule is COC(=O)c1ccc(OCC(C)(C)N)nc1C. The van der Waals surface area contributed by atoms with Gasteiger partial charge in [-0.3, -0.25) is 0 Å². The lowest BCUT2D eigenvalue weighted by Crippen LogP contribution is -2.38. The van der Waals surface area contributed by atoms with E-state index in [9.17, 15) is 4.79 Å². The van der Waals surface area contributed by atoms with E-state index in [2.05, 4.69) is 9.72 Å². The first-order chi connectivity index (χ1) is 7.83. The van der Waals surface area contributed by atoms with E-state index in [0.29, 0.717) is 23.7 Å². The fraction of sp³-hybridized carbons (Fsp3) is 0.500. The number of carbonyl (C=O) groups excluding carboxylic acids is 1. The van der Waals surface area contributed by atoms with E-state index in [1.165, 1.54) is 7.11 Å². The van der Waals surface area contributed by atoms with E-state index < -0.39 is 11.5 Å². The van der Waals surface area contributed by atoms with Crippen molar-refractivity contribution in [2.24, 2.45) is 5.73 Å². The molecule has 5 nitrogen and oxygen atoms in total. The number of carbonyl (C=O) groups is 1. The number of aromatic nitrogens is 1. The average molecular weight is 238 g/mol. The first kappa shape index (κ1) is 13.4. The van der Waals surface area contributed by atoms with Gasteiger partial charge in [-0.2, -0.15) is 0 Å². The zero-order valence-corrected chi connectivity index (χ0v) is 10.6. The molecule has 1 rings (SSSR count). The number of aryl methyl sites for hydroxylation is 1. The van der Waals surface area contributed by atoms with Crippen molar-refractivity contribution in [3.63, 3.8) is 0 Å². The normalized spacial score (nSPS) is 11.1. The summed E-state index contributed by atoms with van der Waals surface area (Å²) in [5.74, 6) is 0.0504. The van der Waals surface area contributed by atoms with Gasteiger partial charge in [-0.15, -0.1) is 0 Å². The molecule has 1 heterocycles. The lowest BCUT2D eigenvalue weighted by Gasteiger charge is -2.18. The third-order valence-electron chi connectivity index (χ3n) is 2.06. The van der Waals surface area contributed by atoms with Crippen molar-refractivity contribution >= 4 is 5.97 Å². The molecular weight excluding hydrogens is 220 g/mol. The van der Waals surface area contributed by atoms with Crippen molar-refractivity contribution in [1.29, 1.82) is 0 Å². The number of esters is 1. The number of pyridine rings is 1. The van der Waals surface area contributed by atoms with Crippen LogP contribution >= 0.6 is 0 Å². The molecule has 1 aromatic rings. The smallest absolute Gasteiger partial charge is 0.339 e. The van der Waals surface area contributed by atoms with Crippen LogP contribution in [0.3, 0.4) is 0 Å². The van der Waals surface area contributed by atoms with E-state index in [-0.39, 0.29) is 0 Å². The highest BCUT2D eigenvalue weighted by molar-refractivity contribution is 5.90. The summed E-state index contributed by atoms with van der Waals surface area (Å²) in [4.78, 5) is 15.5. The van der Waals surface area contributed by atoms with Crippen LogP contribution in [0.15, 0.2) is 12.1 Å². The molecule has 0 aromatic carbocycles. The van der Waals surface area contributed by atoms with Crippen LogP contribution < -0.4 is 10.5 Å². The molecule has 1 aromatic heterocycles. The predicted molar refractivity (Wildman–Crippen MR) is 64.1 cm³/mol. The molecule has 0 bridgehead atoms. The molecule has 0 aliphatic heterocycles. The van der Waals surface area contributed by atoms with Gasteiger partial charge >= 0.3 is 5.97 Å². The zero-order chi connectivity index (χ0) is 13.1. The van der Waals surface area contributed by atoms with E-state index in [1.54, 1.807) is 19.1 Å². The molecular formula is C12H18N2O3. The van der Waals surface area contributed by atoms with Crippen LogP contribution in [0, 0.1) is 6.92 Å². The number of methoxy groups -OCH3 is 1. The first-order valence-corrected chi connectivity index (χ1v) is 5.31. The highest BCUT2D eigenvalue weighted by Crippen LogP contribution is 2.14. The van der Waals surface area contributed by atoms with Crippen LogP contribution in [-0.4, -0.2) is 30.2 Å². The summed E-state index contributed by atoms with van der Waals surface area (Å²) in [5, 5.41) is 0. The number of nitrogens with zero attached hydrogens (tertiary/aromatic N) is 1. The summed E-state index contributed by atoms with van der Waals surface area (Å²) in [7, 11) is 1.34. The van der Waals surface area contributed by atoms with Crippen molar-refractivity contribution in [3.8, 4) is 5.88 Å². The molecule has 0 unspecified atom stereocenters. The second-order valence-corrected chi connectivity index (χ2v) is 4.55. The molecule has 2 N–H and O–H groups in total. The number of nitrogens with two attached hydrogens (primary N) is 1. The van der Waals surface area contributed by atoms with E-state index in [0.717, 1.165) is 0 Å². The van der Waals surface area contributed by atoms with Crippen LogP contribution in [0.25, 0.3) is 0 Å². The summed E-state index contributed by atoms with van der Waals surface area (Å²) in [6.45, 7) is 5.81. The third kappa shape index (κ3) is 4.03. The van der Waals surface area contributed by atoms with Gasteiger partial charge in [0.15, 0.2) is 0 Å². The number of rotatable bonds is 4. The van der Waals surface area contributed by atoms with Crippen molar-refractivity contribution < 1.29 is 14.3 Å². The molecule has 0 fully saturated rings. The minimum Gasteiger partial charge on any atom is -0.476 e.